The van der Waals surface area contributed by atoms with Gasteiger partial charge < -0.3 is 10.5 Å². The van der Waals surface area contributed by atoms with Gasteiger partial charge in [-0.3, -0.25) is 0 Å². The van der Waals surface area contributed by atoms with Gasteiger partial charge in [0, 0.05) is 21.4 Å². The molecular weight excluding hydrogens is 391 g/mol. The molecule has 0 amide bonds. The van der Waals surface area contributed by atoms with Gasteiger partial charge in [-0.25, -0.2) is 0 Å². The molecule has 0 aliphatic carbocycles. The number of hydrogen-bond acceptors (Lipinski definition) is 3. The number of halogens is 3. The van der Waals surface area contributed by atoms with Crippen molar-refractivity contribution in [1.82, 2.24) is 0 Å². The summed E-state index contributed by atoms with van der Waals surface area (Å²) in [6.07, 6.45) is 0. The van der Waals surface area contributed by atoms with Crippen LogP contribution in [-0.4, -0.2) is 0 Å². The number of ether oxygens (including phenoxy) is 1. The Kier molecular flexibility index (Phi) is 4.20. The molecule has 1 aliphatic heterocycles. The zero-order valence-corrected chi connectivity index (χ0v) is 15.5. The van der Waals surface area contributed by atoms with E-state index in [1.807, 2.05) is 36.4 Å². The molecule has 0 saturated carbocycles. The van der Waals surface area contributed by atoms with Crippen LogP contribution in [0.25, 0.3) is 10.8 Å². The molecule has 0 bridgehead atoms. The quantitative estimate of drug-likeness (QED) is 0.542. The van der Waals surface area contributed by atoms with Gasteiger partial charge in [0.2, 0.25) is 5.88 Å². The fourth-order valence-corrected chi connectivity index (χ4v) is 3.86. The predicted octanol–water partition coefficient (Wildman–Crippen LogP) is 6.02. The highest BCUT2D eigenvalue weighted by Gasteiger charge is 2.32. The minimum absolute atomic E-state index is 0.0727. The van der Waals surface area contributed by atoms with Crippen molar-refractivity contribution in [3.63, 3.8) is 0 Å². The van der Waals surface area contributed by atoms with Crippen molar-refractivity contribution in [2.75, 3.05) is 0 Å². The Labute approximate surface area is 165 Å². The second-order valence-corrected chi connectivity index (χ2v) is 7.14. The normalized spacial score (nSPS) is 16.2. The molecule has 2 N–H and O–H groups in total. The number of benzene rings is 3. The standard InChI is InChI=1S/C20H11Cl3N2O/c21-15-6-5-10(7-17(15)23)18-13-8-16(22)11-3-1-2-4-12(11)19(13)26-20(25)14(18)9-24/h1-8,18H,25H2/t18-/m0/s1. The molecule has 3 aromatic rings. The van der Waals surface area contributed by atoms with E-state index in [9.17, 15) is 5.26 Å². The minimum Gasteiger partial charge on any atom is -0.440 e. The first-order chi connectivity index (χ1) is 12.5. The number of nitrogens with zero attached hydrogens (tertiary/aromatic N) is 1. The first kappa shape index (κ1) is 17.1. The lowest BCUT2D eigenvalue weighted by Crippen LogP contribution is -2.21. The molecule has 0 unspecified atom stereocenters. The van der Waals surface area contributed by atoms with Crippen LogP contribution in [0.4, 0.5) is 0 Å². The third kappa shape index (κ3) is 2.59. The van der Waals surface area contributed by atoms with Crippen LogP contribution in [-0.2, 0) is 0 Å². The van der Waals surface area contributed by atoms with Crippen LogP contribution in [0.5, 0.6) is 5.75 Å². The number of nitrogens with two attached hydrogens (primary N) is 1. The highest BCUT2D eigenvalue weighted by atomic mass is 35.5. The molecule has 3 nitrogen and oxygen atoms in total. The van der Waals surface area contributed by atoms with Crippen LogP contribution in [0.3, 0.4) is 0 Å². The van der Waals surface area contributed by atoms with Crippen LogP contribution in [0.15, 0.2) is 60.0 Å². The van der Waals surface area contributed by atoms with E-state index < -0.39 is 5.92 Å². The van der Waals surface area contributed by atoms with Crippen LogP contribution in [0.1, 0.15) is 17.0 Å². The summed E-state index contributed by atoms with van der Waals surface area (Å²) in [6, 6.07) is 16.8. The summed E-state index contributed by atoms with van der Waals surface area (Å²) in [5.74, 6) is 0.224. The van der Waals surface area contributed by atoms with Gasteiger partial charge in [0.1, 0.15) is 17.4 Å². The van der Waals surface area contributed by atoms with Crippen molar-refractivity contribution in [2.45, 2.75) is 5.92 Å². The lowest BCUT2D eigenvalue weighted by atomic mass is 9.82. The SMILES string of the molecule is N#CC1=C(N)Oc2c(cc(Cl)c3ccccc23)[C@@H]1c1ccc(Cl)c(Cl)c1. The summed E-state index contributed by atoms with van der Waals surface area (Å²) in [4.78, 5) is 0. The van der Waals surface area contributed by atoms with Gasteiger partial charge >= 0.3 is 0 Å². The Morgan fingerprint density at radius 1 is 0.923 bits per heavy atom. The van der Waals surface area contributed by atoms with Crippen molar-refractivity contribution in [3.05, 3.63) is 86.2 Å². The van der Waals surface area contributed by atoms with Gasteiger partial charge in [-0.2, -0.15) is 5.26 Å². The average molecular weight is 402 g/mol. The minimum atomic E-state index is -0.444. The number of fused-ring (bicyclic) bond motifs is 3. The highest BCUT2D eigenvalue weighted by Crippen LogP contribution is 2.47. The van der Waals surface area contributed by atoms with Gasteiger partial charge in [0.05, 0.1) is 16.0 Å². The van der Waals surface area contributed by atoms with E-state index in [4.69, 9.17) is 45.3 Å². The molecule has 0 radical (unpaired) electrons. The molecule has 26 heavy (non-hydrogen) atoms. The topological polar surface area (TPSA) is 59.0 Å². The average Bonchev–Trinajstić information content (AvgIpc) is 2.64. The molecule has 0 fully saturated rings. The van der Waals surface area contributed by atoms with Crippen molar-refractivity contribution in [3.8, 4) is 11.8 Å². The largest absolute Gasteiger partial charge is 0.440 e. The van der Waals surface area contributed by atoms with E-state index in [0.717, 1.165) is 21.9 Å². The van der Waals surface area contributed by atoms with Crippen LogP contribution < -0.4 is 10.5 Å². The number of allylic oxidation sites excluding steroid dienone is 1. The van der Waals surface area contributed by atoms with E-state index in [1.165, 1.54) is 0 Å². The molecule has 128 valence electrons. The van der Waals surface area contributed by atoms with Crippen molar-refractivity contribution in [2.24, 2.45) is 5.73 Å². The molecule has 1 aliphatic rings. The van der Waals surface area contributed by atoms with Crippen molar-refractivity contribution < 1.29 is 4.74 Å². The molecule has 1 heterocycles. The first-order valence-corrected chi connectivity index (χ1v) is 8.88. The van der Waals surface area contributed by atoms with E-state index in [0.29, 0.717) is 26.4 Å². The summed E-state index contributed by atoms with van der Waals surface area (Å²) in [7, 11) is 0. The van der Waals surface area contributed by atoms with Gasteiger partial charge in [-0.15, -0.1) is 0 Å². The smallest absolute Gasteiger partial charge is 0.205 e. The fraction of sp³-hybridized carbons (Fsp3) is 0.0500. The number of rotatable bonds is 1. The summed E-state index contributed by atoms with van der Waals surface area (Å²) in [5.41, 5.74) is 7.93. The maximum absolute atomic E-state index is 9.67. The monoisotopic (exact) mass is 400 g/mol. The van der Waals surface area contributed by atoms with Gasteiger partial charge in [-0.1, -0.05) is 65.1 Å². The highest BCUT2D eigenvalue weighted by molar-refractivity contribution is 6.42. The van der Waals surface area contributed by atoms with Crippen LogP contribution >= 0.6 is 34.8 Å². The third-order valence-electron chi connectivity index (χ3n) is 4.45. The summed E-state index contributed by atoms with van der Waals surface area (Å²) < 4.78 is 5.83. The van der Waals surface area contributed by atoms with Gasteiger partial charge in [0.25, 0.3) is 0 Å². The van der Waals surface area contributed by atoms with Crippen molar-refractivity contribution >= 4 is 45.6 Å². The molecule has 0 aromatic heterocycles. The molecule has 0 spiro atoms. The molecule has 4 rings (SSSR count). The van der Waals surface area contributed by atoms with Crippen LogP contribution in [0.2, 0.25) is 15.1 Å². The van der Waals surface area contributed by atoms with Gasteiger partial charge in [-0.05, 0) is 23.8 Å². The molecule has 0 saturated heterocycles. The Hall–Kier alpha value is -2.38. The Morgan fingerprint density at radius 3 is 2.35 bits per heavy atom. The lowest BCUT2D eigenvalue weighted by Gasteiger charge is -2.28. The zero-order valence-electron chi connectivity index (χ0n) is 13.3. The summed E-state index contributed by atoms with van der Waals surface area (Å²) >= 11 is 18.7. The van der Waals surface area contributed by atoms with E-state index in [1.54, 1.807) is 12.1 Å². The lowest BCUT2D eigenvalue weighted by molar-refractivity contribution is 0.398. The van der Waals surface area contributed by atoms with Gasteiger partial charge in [0.15, 0.2) is 0 Å². The summed E-state index contributed by atoms with van der Waals surface area (Å²) in [5, 5.41) is 12.8. The maximum Gasteiger partial charge on any atom is 0.205 e. The Morgan fingerprint density at radius 2 is 1.65 bits per heavy atom. The molecule has 3 aromatic carbocycles. The molecule has 1 atom stereocenters. The predicted molar refractivity (Wildman–Crippen MR) is 105 cm³/mol. The molecular formula is C20H11Cl3N2O. The number of hydrogen-bond donors (Lipinski definition) is 1. The summed E-state index contributed by atoms with van der Waals surface area (Å²) in [6.45, 7) is 0. The van der Waals surface area contributed by atoms with E-state index >= 15 is 0 Å². The third-order valence-corrected chi connectivity index (χ3v) is 5.50. The fourth-order valence-electron chi connectivity index (χ4n) is 3.27. The second-order valence-electron chi connectivity index (χ2n) is 5.92. The number of nitriles is 1. The van der Waals surface area contributed by atoms with E-state index in [-0.39, 0.29) is 5.88 Å². The molecule has 6 heteroatoms. The van der Waals surface area contributed by atoms with Crippen LogP contribution in [0, 0.1) is 11.3 Å². The zero-order chi connectivity index (χ0) is 18.4. The van der Waals surface area contributed by atoms with E-state index in [2.05, 4.69) is 6.07 Å². The Bertz CT molecular complexity index is 1130. The Balaban J connectivity index is 2.05. The van der Waals surface area contributed by atoms with Crippen molar-refractivity contribution in [1.29, 1.82) is 5.26 Å². The second kappa shape index (κ2) is 6.41. The maximum atomic E-state index is 9.67. The first-order valence-electron chi connectivity index (χ1n) is 7.75.